The lowest BCUT2D eigenvalue weighted by atomic mass is 10.1. The zero-order chi connectivity index (χ0) is 17.7. The molecule has 0 unspecified atom stereocenters. The number of halogens is 3. The molecule has 0 atom stereocenters. The highest BCUT2D eigenvalue weighted by Gasteiger charge is 2.38. The highest BCUT2D eigenvalue weighted by molar-refractivity contribution is 5.76. The molecule has 10 heteroatoms. The van der Waals surface area contributed by atoms with E-state index in [9.17, 15) is 18.0 Å². The molecule has 24 heavy (non-hydrogen) atoms. The summed E-state index contributed by atoms with van der Waals surface area (Å²) in [4.78, 5) is 20.0. The summed E-state index contributed by atoms with van der Waals surface area (Å²) in [5.41, 5.74) is 1.05. The van der Waals surface area contributed by atoms with Gasteiger partial charge in [0.15, 0.2) is 0 Å². The van der Waals surface area contributed by atoms with Gasteiger partial charge in [-0.3, -0.25) is 9.63 Å². The quantitative estimate of drug-likeness (QED) is 0.748. The Morgan fingerprint density at radius 3 is 2.42 bits per heavy atom. The van der Waals surface area contributed by atoms with Crippen LogP contribution in [0.2, 0.25) is 0 Å². The second-order valence-electron chi connectivity index (χ2n) is 4.66. The first-order valence-corrected chi connectivity index (χ1v) is 6.68. The lowest BCUT2D eigenvalue weighted by Crippen LogP contribution is -2.32. The minimum atomic E-state index is -4.69. The molecule has 0 saturated heterocycles. The number of carbonyl (C=O) groups is 1. The standard InChI is InChI=1S/C14H14F3N3O4/c1-22-8-11(21)20(23-2)7-9-3-5-10(6-4-9)12-18-13(24-19-12)14(15,16)17/h3-6H,7-8H2,1-2H3. The molecule has 1 heterocycles. The van der Waals surface area contributed by atoms with Gasteiger partial charge in [0.25, 0.3) is 5.91 Å². The van der Waals surface area contributed by atoms with Crippen molar-refractivity contribution in [1.29, 1.82) is 0 Å². The number of rotatable bonds is 6. The zero-order valence-corrected chi connectivity index (χ0v) is 12.8. The number of ether oxygens (including phenoxy) is 1. The highest BCUT2D eigenvalue weighted by Crippen LogP contribution is 2.29. The van der Waals surface area contributed by atoms with E-state index in [1.807, 2.05) is 0 Å². The number of methoxy groups -OCH3 is 1. The Hall–Kier alpha value is -2.46. The van der Waals surface area contributed by atoms with Crippen LogP contribution in [0.3, 0.4) is 0 Å². The van der Waals surface area contributed by atoms with Crippen LogP contribution in [0.5, 0.6) is 0 Å². The van der Waals surface area contributed by atoms with E-state index in [-0.39, 0.29) is 24.9 Å². The summed E-state index contributed by atoms with van der Waals surface area (Å²) in [5.74, 6) is -1.94. The zero-order valence-electron chi connectivity index (χ0n) is 12.8. The number of hydroxylamine groups is 2. The van der Waals surface area contributed by atoms with E-state index in [0.29, 0.717) is 11.1 Å². The van der Waals surface area contributed by atoms with Crippen molar-refractivity contribution in [3.8, 4) is 11.4 Å². The van der Waals surface area contributed by atoms with Crippen LogP contribution in [0, 0.1) is 0 Å². The summed E-state index contributed by atoms with van der Waals surface area (Å²) in [5, 5.41) is 4.41. The Labute approximate surface area is 134 Å². The topological polar surface area (TPSA) is 77.7 Å². The molecule has 130 valence electrons. The smallest absolute Gasteiger partial charge is 0.375 e. The Balaban J connectivity index is 2.10. The van der Waals surface area contributed by atoms with Crippen molar-refractivity contribution in [2.45, 2.75) is 12.7 Å². The van der Waals surface area contributed by atoms with Gasteiger partial charge in [0.05, 0.1) is 13.7 Å². The molecule has 0 spiro atoms. The number of benzene rings is 1. The van der Waals surface area contributed by atoms with E-state index < -0.39 is 12.1 Å². The first-order chi connectivity index (χ1) is 11.3. The number of amides is 1. The lowest BCUT2D eigenvalue weighted by Gasteiger charge is -2.19. The summed E-state index contributed by atoms with van der Waals surface area (Å²) >= 11 is 0. The van der Waals surface area contributed by atoms with Gasteiger partial charge in [0.2, 0.25) is 5.82 Å². The predicted molar refractivity (Wildman–Crippen MR) is 74.2 cm³/mol. The second-order valence-corrected chi connectivity index (χ2v) is 4.66. The minimum Gasteiger partial charge on any atom is -0.375 e. The van der Waals surface area contributed by atoms with Crippen molar-refractivity contribution in [2.24, 2.45) is 0 Å². The van der Waals surface area contributed by atoms with Crippen molar-refractivity contribution in [3.63, 3.8) is 0 Å². The Morgan fingerprint density at radius 1 is 1.25 bits per heavy atom. The van der Waals surface area contributed by atoms with E-state index in [2.05, 4.69) is 14.7 Å². The number of alkyl halides is 3. The van der Waals surface area contributed by atoms with Crippen LogP contribution in [0.1, 0.15) is 11.5 Å². The molecule has 0 aliphatic heterocycles. The molecule has 0 N–H and O–H groups in total. The molecule has 1 aromatic heterocycles. The van der Waals surface area contributed by atoms with Gasteiger partial charge in [-0.2, -0.15) is 18.2 Å². The predicted octanol–water partition coefficient (Wildman–Crippen LogP) is 2.29. The molecule has 0 saturated carbocycles. The van der Waals surface area contributed by atoms with Gasteiger partial charge in [-0.25, -0.2) is 5.06 Å². The number of hydrogen-bond donors (Lipinski definition) is 0. The SMILES string of the molecule is COCC(=O)N(Cc1ccc(-c2noc(C(F)(F)F)n2)cc1)OC. The summed E-state index contributed by atoms with van der Waals surface area (Å²) in [7, 11) is 2.74. The van der Waals surface area contributed by atoms with Crippen LogP contribution in [-0.4, -0.2) is 41.9 Å². The average Bonchev–Trinajstić information content (AvgIpc) is 3.03. The summed E-state index contributed by atoms with van der Waals surface area (Å²) in [6, 6.07) is 6.28. The molecular weight excluding hydrogens is 331 g/mol. The first-order valence-electron chi connectivity index (χ1n) is 6.68. The third kappa shape index (κ3) is 4.30. The number of carbonyl (C=O) groups excluding carboxylic acids is 1. The molecule has 2 aromatic rings. The third-order valence-electron chi connectivity index (χ3n) is 2.97. The molecule has 0 bridgehead atoms. The largest absolute Gasteiger partial charge is 0.471 e. The van der Waals surface area contributed by atoms with Gasteiger partial charge in [-0.05, 0) is 5.56 Å². The van der Waals surface area contributed by atoms with E-state index in [0.717, 1.165) is 5.06 Å². The minimum absolute atomic E-state index is 0.130. The Bertz CT molecular complexity index is 685. The van der Waals surface area contributed by atoms with Crippen LogP contribution < -0.4 is 0 Å². The second kappa shape index (κ2) is 7.41. The molecule has 1 amide bonds. The summed E-state index contributed by atoms with van der Waals surface area (Å²) < 4.78 is 46.3. The summed E-state index contributed by atoms with van der Waals surface area (Å²) in [6.45, 7) is 0.0218. The van der Waals surface area contributed by atoms with Crippen LogP contribution in [0.15, 0.2) is 28.8 Å². The number of aromatic nitrogens is 2. The lowest BCUT2D eigenvalue weighted by molar-refractivity contribution is -0.183. The summed E-state index contributed by atoms with van der Waals surface area (Å²) in [6.07, 6.45) is -4.69. The van der Waals surface area contributed by atoms with Crippen molar-refractivity contribution >= 4 is 5.91 Å². The van der Waals surface area contributed by atoms with Gasteiger partial charge in [0, 0.05) is 12.7 Å². The maximum absolute atomic E-state index is 12.4. The van der Waals surface area contributed by atoms with E-state index in [4.69, 9.17) is 9.57 Å². The first kappa shape index (κ1) is 17.9. The maximum Gasteiger partial charge on any atom is 0.471 e. The van der Waals surface area contributed by atoms with Gasteiger partial charge in [-0.15, -0.1) is 0 Å². The fraction of sp³-hybridized carbons (Fsp3) is 0.357. The number of nitrogens with zero attached hydrogens (tertiary/aromatic N) is 3. The van der Waals surface area contributed by atoms with Gasteiger partial charge < -0.3 is 9.26 Å². The molecule has 0 aliphatic rings. The Kier molecular flexibility index (Phi) is 5.52. The fourth-order valence-electron chi connectivity index (χ4n) is 1.83. The van der Waals surface area contributed by atoms with Crippen LogP contribution in [0.4, 0.5) is 13.2 Å². The highest BCUT2D eigenvalue weighted by atomic mass is 19.4. The normalized spacial score (nSPS) is 11.5. The van der Waals surface area contributed by atoms with Gasteiger partial charge >= 0.3 is 12.1 Å². The van der Waals surface area contributed by atoms with Crippen molar-refractivity contribution in [1.82, 2.24) is 15.2 Å². The van der Waals surface area contributed by atoms with Crippen molar-refractivity contribution in [2.75, 3.05) is 20.8 Å². The Morgan fingerprint density at radius 2 is 1.92 bits per heavy atom. The third-order valence-corrected chi connectivity index (χ3v) is 2.97. The molecule has 2 rings (SSSR count). The molecular formula is C14H14F3N3O4. The van der Waals surface area contributed by atoms with Crippen LogP contribution >= 0.6 is 0 Å². The van der Waals surface area contributed by atoms with Gasteiger partial charge in [0.1, 0.15) is 6.61 Å². The molecule has 0 fully saturated rings. The van der Waals surface area contributed by atoms with E-state index in [1.54, 1.807) is 12.1 Å². The van der Waals surface area contributed by atoms with Crippen LogP contribution in [-0.2, 0) is 27.1 Å². The molecule has 0 radical (unpaired) electrons. The molecule has 0 aliphatic carbocycles. The average molecular weight is 345 g/mol. The maximum atomic E-state index is 12.4. The molecule has 7 nitrogen and oxygen atoms in total. The van der Waals surface area contributed by atoms with Crippen molar-refractivity contribution in [3.05, 3.63) is 35.7 Å². The van der Waals surface area contributed by atoms with E-state index in [1.165, 1.54) is 26.4 Å². The fourth-order valence-corrected chi connectivity index (χ4v) is 1.83. The number of hydrogen-bond acceptors (Lipinski definition) is 6. The van der Waals surface area contributed by atoms with Crippen LogP contribution in [0.25, 0.3) is 11.4 Å². The van der Waals surface area contributed by atoms with Crippen molar-refractivity contribution < 1.29 is 32.1 Å². The molecule has 1 aromatic carbocycles. The van der Waals surface area contributed by atoms with Gasteiger partial charge in [-0.1, -0.05) is 29.4 Å². The monoisotopic (exact) mass is 345 g/mol. The van der Waals surface area contributed by atoms with E-state index >= 15 is 0 Å².